The summed E-state index contributed by atoms with van der Waals surface area (Å²) >= 11 is 0. The van der Waals surface area contributed by atoms with E-state index >= 15 is 0 Å². The maximum absolute atomic E-state index is 4.51. The number of nitrogens with zero attached hydrogens (tertiary/aromatic N) is 2. The van der Waals surface area contributed by atoms with Crippen LogP contribution in [0.3, 0.4) is 0 Å². The fourth-order valence-electron chi connectivity index (χ4n) is 1.70. The fourth-order valence-corrected chi connectivity index (χ4v) is 1.70. The number of hydrogen-bond acceptors (Lipinski definition) is 2. The van der Waals surface area contributed by atoms with E-state index in [2.05, 4.69) is 32.1 Å². The van der Waals surface area contributed by atoms with Crippen LogP contribution >= 0.6 is 0 Å². The van der Waals surface area contributed by atoms with Gasteiger partial charge in [0.15, 0.2) is 11.8 Å². The second-order valence-corrected chi connectivity index (χ2v) is 3.37. The molecule has 0 bridgehead atoms. The molecule has 70 valence electrons. The summed E-state index contributed by atoms with van der Waals surface area (Å²) in [6, 6.07) is 4.07. The SMILES string of the molecule is C1=CN(c2ccc3[nH]c[nH+]c3n2)CC1. The predicted molar refractivity (Wildman–Crippen MR) is 53.8 cm³/mol. The van der Waals surface area contributed by atoms with E-state index < -0.39 is 0 Å². The molecule has 0 saturated heterocycles. The molecule has 4 nitrogen and oxygen atoms in total. The van der Waals surface area contributed by atoms with E-state index in [9.17, 15) is 0 Å². The third-order valence-corrected chi connectivity index (χ3v) is 2.43. The summed E-state index contributed by atoms with van der Waals surface area (Å²) in [4.78, 5) is 12.8. The predicted octanol–water partition coefficient (Wildman–Crippen LogP) is 1.10. The van der Waals surface area contributed by atoms with Gasteiger partial charge in [0.2, 0.25) is 5.82 Å². The zero-order valence-electron chi connectivity index (χ0n) is 7.70. The van der Waals surface area contributed by atoms with Crippen LogP contribution in [-0.4, -0.2) is 16.5 Å². The van der Waals surface area contributed by atoms with Crippen LogP contribution in [-0.2, 0) is 0 Å². The number of aromatic nitrogens is 3. The van der Waals surface area contributed by atoms with Crippen molar-refractivity contribution in [2.45, 2.75) is 6.42 Å². The van der Waals surface area contributed by atoms with Crippen LogP contribution in [0.1, 0.15) is 6.42 Å². The van der Waals surface area contributed by atoms with Crippen LogP contribution in [0.5, 0.6) is 0 Å². The van der Waals surface area contributed by atoms with Gasteiger partial charge in [-0.05, 0) is 12.5 Å². The summed E-state index contributed by atoms with van der Waals surface area (Å²) in [6.45, 7) is 1.03. The van der Waals surface area contributed by atoms with Gasteiger partial charge < -0.3 is 4.90 Å². The highest BCUT2D eigenvalue weighted by Crippen LogP contribution is 2.17. The summed E-state index contributed by atoms with van der Waals surface area (Å²) in [5.41, 5.74) is 1.94. The van der Waals surface area contributed by atoms with E-state index in [-0.39, 0.29) is 0 Å². The molecule has 3 heterocycles. The Balaban J connectivity index is 2.08. The maximum atomic E-state index is 4.51. The van der Waals surface area contributed by atoms with Crippen LogP contribution in [0.15, 0.2) is 30.7 Å². The number of aromatic amines is 2. The normalized spacial score (nSPS) is 15.6. The Kier molecular flexibility index (Phi) is 1.53. The van der Waals surface area contributed by atoms with Crippen molar-refractivity contribution in [1.29, 1.82) is 0 Å². The first-order chi connectivity index (χ1) is 6.93. The van der Waals surface area contributed by atoms with Crippen molar-refractivity contribution in [1.82, 2.24) is 9.97 Å². The van der Waals surface area contributed by atoms with Gasteiger partial charge in [-0.2, -0.15) is 0 Å². The lowest BCUT2D eigenvalue weighted by Crippen LogP contribution is -2.14. The van der Waals surface area contributed by atoms with Gasteiger partial charge in [0, 0.05) is 18.8 Å². The lowest BCUT2D eigenvalue weighted by atomic mass is 10.4. The number of rotatable bonds is 1. The maximum Gasteiger partial charge on any atom is 0.301 e. The number of hydrogen-bond donors (Lipinski definition) is 1. The van der Waals surface area contributed by atoms with Gasteiger partial charge in [0.1, 0.15) is 0 Å². The number of nitrogens with one attached hydrogen (secondary N) is 2. The molecule has 1 aliphatic heterocycles. The van der Waals surface area contributed by atoms with Crippen molar-refractivity contribution in [2.24, 2.45) is 0 Å². The van der Waals surface area contributed by atoms with Gasteiger partial charge in [-0.1, -0.05) is 11.1 Å². The van der Waals surface area contributed by atoms with Crippen molar-refractivity contribution in [3.05, 3.63) is 30.7 Å². The molecule has 0 saturated carbocycles. The van der Waals surface area contributed by atoms with Gasteiger partial charge in [-0.3, -0.25) is 4.98 Å². The first-order valence-electron chi connectivity index (χ1n) is 4.72. The van der Waals surface area contributed by atoms with E-state index in [4.69, 9.17) is 0 Å². The molecule has 0 atom stereocenters. The van der Waals surface area contributed by atoms with Crippen molar-refractivity contribution in [2.75, 3.05) is 11.4 Å². The number of imidazole rings is 1. The molecule has 0 spiro atoms. The molecule has 0 aliphatic carbocycles. The minimum absolute atomic E-state index is 0.905. The second-order valence-electron chi connectivity index (χ2n) is 3.37. The topological polar surface area (TPSA) is 46.1 Å². The number of anilines is 1. The molecular weight excluding hydrogens is 176 g/mol. The van der Waals surface area contributed by atoms with Crippen molar-refractivity contribution >= 4 is 17.0 Å². The summed E-state index contributed by atoms with van der Waals surface area (Å²) < 4.78 is 0. The van der Waals surface area contributed by atoms with Crippen LogP contribution in [0.25, 0.3) is 11.2 Å². The fraction of sp³-hybridized carbons (Fsp3) is 0.200. The highest BCUT2D eigenvalue weighted by Gasteiger charge is 2.13. The quantitative estimate of drug-likeness (QED) is 0.726. The zero-order chi connectivity index (χ0) is 9.38. The third kappa shape index (κ3) is 1.08. The summed E-state index contributed by atoms with van der Waals surface area (Å²) in [7, 11) is 0. The Morgan fingerprint density at radius 2 is 2.43 bits per heavy atom. The van der Waals surface area contributed by atoms with E-state index in [1.807, 2.05) is 12.1 Å². The van der Waals surface area contributed by atoms with E-state index in [1.165, 1.54) is 0 Å². The van der Waals surface area contributed by atoms with E-state index in [0.29, 0.717) is 0 Å². The molecule has 3 rings (SSSR count). The standard InChI is InChI=1S/C10H10N4/c1-2-6-14(5-1)9-4-3-8-10(13-9)12-7-11-8/h1,3-5,7H,2,6H2,(H,11,12,13)/p+1. The minimum Gasteiger partial charge on any atom is -0.319 e. The molecule has 0 radical (unpaired) electrons. The van der Waals surface area contributed by atoms with Gasteiger partial charge in [-0.25, -0.2) is 4.98 Å². The number of pyridine rings is 1. The average molecular weight is 187 g/mol. The summed E-state index contributed by atoms with van der Waals surface area (Å²) in [5, 5.41) is 0. The van der Waals surface area contributed by atoms with Gasteiger partial charge in [0.25, 0.3) is 0 Å². The molecule has 2 N–H and O–H groups in total. The number of fused-ring (bicyclic) bond motifs is 1. The van der Waals surface area contributed by atoms with Crippen molar-refractivity contribution in [3.63, 3.8) is 0 Å². The van der Waals surface area contributed by atoms with Gasteiger partial charge in [0.05, 0.1) is 0 Å². The Morgan fingerprint density at radius 3 is 3.29 bits per heavy atom. The van der Waals surface area contributed by atoms with Crippen LogP contribution < -0.4 is 9.88 Å². The molecule has 0 fully saturated rings. The summed E-state index contributed by atoms with van der Waals surface area (Å²) in [6.07, 6.45) is 7.14. The Morgan fingerprint density at radius 1 is 1.43 bits per heavy atom. The van der Waals surface area contributed by atoms with Crippen LogP contribution in [0, 0.1) is 0 Å². The molecule has 2 aromatic rings. The molecule has 0 unspecified atom stereocenters. The summed E-state index contributed by atoms with van der Waals surface area (Å²) in [5.74, 6) is 1.00. The van der Waals surface area contributed by atoms with Crippen LogP contribution in [0.2, 0.25) is 0 Å². The molecule has 0 amide bonds. The smallest absolute Gasteiger partial charge is 0.301 e. The molecule has 0 aromatic carbocycles. The molecule has 4 heteroatoms. The zero-order valence-corrected chi connectivity index (χ0v) is 7.70. The highest BCUT2D eigenvalue weighted by atomic mass is 15.2. The average Bonchev–Trinajstić information content (AvgIpc) is 2.88. The van der Waals surface area contributed by atoms with E-state index in [1.54, 1.807) is 6.33 Å². The third-order valence-electron chi connectivity index (χ3n) is 2.43. The van der Waals surface area contributed by atoms with Crippen molar-refractivity contribution in [3.8, 4) is 0 Å². The lowest BCUT2D eigenvalue weighted by Gasteiger charge is -2.09. The Bertz CT molecular complexity index is 486. The van der Waals surface area contributed by atoms with Gasteiger partial charge >= 0.3 is 5.65 Å². The molecular formula is C10H11N4+. The largest absolute Gasteiger partial charge is 0.319 e. The highest BCUT2D eigenvalue weighted by molar-refractivity contribution is 5.69. The monoisotopic (exact) mass is 187 g/mol. The Labute approximate surface area is 81.3 Å². The molecule has 14 heavy (non-hydrogen) atoms. The second kappa shape index (κ2) is 2.83. The minimum atomic E-state index is 0.905. The molecule has 1 aliphatic rings. The lowest BCUT2D eigenvalue weighted by molar-refractivity contribution is -0.347. The van der Waals surface area contributed by atoms with E-state index in [0.717, 1.165) is 29.9 Å². The number of H-pyrrole nitrogens is 2. The van der Waals surface area contributed by atoms with Crippen LogP contribution in [0.4, 0.5) is 5.82 Å². The molecule has 2 aromatic heterocycles. The Hall–Kier alpha value is -1.84. The van der Waals surface area contributed by atoms with Crippen molar-refractivity contribution < 1.29 is 4.98 Å². The first-order valence-corrected chi connectivity index (χ1v) is 4.72. The van der Waals surface area contributed by atoms with Gasteiger partial charge in [-0.15, -0.1) is 0 Å². The first kappa shape index (κ1) is 7.55.